The van der Waals surface area contributed by atoms with E-state index < -0.39 is 5.91 Å². The summed E-state index contributed by atoms with van der Waals surface area (Å²) in [6, 6.07) is 22.0. The zero-order chi connectivity index (χ0) is 23.8. The first-order valence-electron chi connectivity index (χ1n) is 11.0. The number of para-hydroxylation sites is 1. The summed E-state index contributed by atoms with van der Waals surface area (Å²) >= 11 is 0. The van der Waals surface area contributed by atoms with Gasteiger partial charge < -0.3 is 15.0 Å². The molecular formula is C27H27ClFN3O3. The number of benzene rings is 3. The Morgan fingerprint density at radius 2 is 1.80 bits per heavy atom. The second-order valence-electron chi connectivity index (χ2n) is 7.96. The van der Waals surface area contributed by atoms with Crippen LogP contribution in [-0.2, 0) is 17.8 Å². The molecule has 0 spiro atoms. The van der Waals surface area contributed by atoms with Crippen molar-refractivity contribution < 1.29 is 19.1 Å². The second-order valence-corrected chi connectivity index (χ2v) is 7.96. The summed E-state index contributed by atoms with van der Waals surface area (Å²) in [4.78, 5) is 14.4. The number of carbonyl (C=O) groups excluding carboxylic acids is 1. The van der Waals surface area contributed by atoms with Crippen molar-refractivity contribution in [2.75, 3.05) is 6.61 Å². The summed E-state index contributed by atoms with van der Waals surface area (Å²) < 4.78 is 19.3. The summed E-state index contributed by atoms with van der Waals surface area (Å²) in [6.45, 7) is 1.02. The minimum Gasteiger partial charge on any atom is -0.492 e. The maximum atomic E-state index is 13.2. The number of halogens is 2. The number of nitrogens with one attached hydrogen (secondary N) is 3. The van der Waals surface area contributed by atoms with Crippen LogP contribution in [0, 0.1) is 5.82 Å². The number of amides is 1. The Bertz CT molecular complexity index is 1260. The third kappa shape index (κ3) is 7.42. The molecule has 1 aromatic heterocycles. The van der Waals surface area contributed by atoms with E-state index in [1.165, 1.54) is 29.2 Å². The van der Waals surface area contributed by atoms with Gasteiger partial charge in [-0.05, 0) is 59.5 Å². The van der Waals surface area contributed by atoms with Gasteiger partial charge in [0.1, 0.15) is 18.2 Å². The number of rotatable bonds is 10. The van der Waals surface area contributed by atoms with Gasteiger partial charge in [-0.3, -0.25) is 10.0 Å². The topological polar surface area (TPSA) is 86.4 Å². The van der Waals surface area contributed by atoms with Crippen molar-refractivity contribution in [3.8, 4) is 5.75 Å². The van der Waals surface area contributed by atoms with Crippen LogP contribution < -0.4 is 15.5 Å². The predicted molar refractivity (Wildman–Crippen MR) is 137 cm³/mol. The Hall–Kier alpha value is -3.65. The van der Waals surface area contributed by atoms with Crippen LogP contribution in [0.15, 0.2) is 85.1 Å². The minimum atomic E-state index is -0.590. The van der Waals surface area contributed by atoms with Gasteiger partial charge in [0.25, 0.3) is 5.91 Å². The van der Waals surface area contributed by atoms with Gasteiger partial charge in [0, 0.05) is 35.8 Å². The molecule has 8 heteroatoms. The average Bonchev–Trinajstić information content (AvgIpc) is 3.28. The number of hydrogen-bond acceptors (Lipinski definition) is 4. The fourth-order valence-corrected chi connectivity index (χ4v) is 3.70. The quantitative estimate of drug-likeness (QED) is 0.141. The molecule has 1 amide bonds. The van der Waals surface area contributed by atoms with Gasteiger partial charge in [-0.1, -0.05) is 42.5 Å². The summed E-state index contributed by atoms with van der Waals surface area (Å²) in [5.74, 6) is -0.137. The molecule has 0 aliphatic carbocycles. The van der Waals surface area contributed by atoms with Crippen molar-refractivity contribution in [3.05, 3.63) is 108 Å². The Kier molecular flexibility index (Phi) is 9.43. The van der Waals surface area contributed by atoms with Crippen molar-refractivity contribution in [2.45, 2.75) is 19.0 Å². The molecule has 1 atom stereocenters. The van der Waals surface area contributed by atoms with Gasteiger partial charge in [0.05, 0.1) is 0 Å². The first-order chi connectivity index (χ1) is 16.6. The van der Waals surface area contributed by atoms with Crippen LogP contribution in [-0.4, -0.2) is 28.7 Å². The molecule has 0 unspecified atom stereocenters. The van der Waals surface area contributed by atoms with Crippen LogP contribution in [0.4, 0.5) is 4.39 Å². The van der Waals surface area contributed by atoms with Crippen LogP contribution >= 0.6 is 12.4 Å². The minimum absolute atomic E-state index is 0. The molecule has 1 heterocycles. The predicted octanol–water partition coefficient (Wildman–Crippen LogP) is 5.03. The first kappa shape index (κ1) is 26.0. The highest BCUT2D eigenvalue weighted by molar-refractivity contribution is 5.90. The van der Waals surface area contributed by atoms with Crippen LogP contribution in [0.2, 0.25) is 0 Å². The highest BCUT2D eigenvalue weighted by Crippen LogP contribution is 2.20. The van der Waals surface area contributed by atoms with Crippen LogP contribution in [0.3, 0.4) is 0 Å². The van der Waals surface area contributed by atoms with E-state index in [0.29, 0.717) is 18.9 Å². The molecule has 0 aliphatic rings. The van der Waals surface area contributed by atoms with Gasteiger partial charge >= 0.3 is 0 Å². The largest absolute Gasteiger partial charge is 0.492 e. The zero-order valence-electron chi connectivity index (χ0n) is 18.9. The lowest BCUT2D eigenvalue weighted by atomic mass is 10.0. The molecule has 4 aromatic rings. The van der Waals surface area contributed by atoms with Crippen molar-refractivity contribution >= 4 is 35.3 Å². The van der Waals surface area contributed by atoms with Gasteiger partial charge in [-0.25, -0.2) is 9.87 Å². The Morgan fingerprint density at radius 3 is 2.54 bits per heavy atom. The molecule has 0 bridgehead atoms. The number of hydrogen-bond donors (Lipinski definition) is 4. The fraction of sp³-hybridized carbons (Fsp3) is 0.148. The standard InChI is InChI=1S/C27H26FN3O3.ClH/c28-22-10-5-20(6-11-22)16-29-23(15-21-17-30-26-4-2-1-3-25(21)26)18-34-24-12-7-19(8-13-24)9-14-27(32)31-33;/h1-14,17,23,29-30,33H,15-16,18H2,(H,31,32);1H/b14-9+;/t23-;/m0./s1. The summed E-state index contributed by atoms with van der Waals surface area (Å²) in [5.41, 5.74) is 5.64. The number of ether oxygens (including phenoxy) is 1. The maximum Gasteiger partial charge on any atom is 0.267 e. The lowest BCUT2D eigenvalue weighted by molar-refractivity contribution is -0.124. The number of aromatic nitrogens is 1. The highest BCUT2D eigenvalue weighted by atomic mass is 35.5. The van der Waals surface area contributed by atoms with Gasteiger partial charge in [-0.2, -0.15) is 0 Å². The maximum absolute atomic E-state index is 13.2. The molecular weight excluding hydrogens is 469 g/mol. The molecule has 0 saturated heterocycles. The third-order valence-corrected chi connectivity index (χ3v) is 5.52. The molecule has 182 valence electrons. The summed E-state index contributed by atoms with van der Waals surface area (Å²) in [7, 11) is 0. The van der Waals surface area contributed by atoms with Crippen molar-refractivity contribution in [1.29, 1.82) is 0 Å². The van der Waals surface area contributed by atoms with E-state index >= 15 is 0 Å². The molecule has 35 heavy (non-hydrogen) atoms. The van der Waals surface area contributed by atoms with Crippen molar-refractivity contribution in [3.63, 3.8) is 0 Å². The summed E-state index contributed by atoms with van der Waals surface area (Å²) in [5, 5.41) is 13.3. The SMILES string of the molecule is Cl.O=C(/C=C/c1ccc(OC[C@H](Cc2c[nH]c3ccccc23)NCc2ccc(F)cc2)cc1)NO. The van der Waals surface area contributed by atoms with E-state index in [1.54, 1.807) is 23.7 Å². The molecule has 3 aromatic carbocycles. The number of aromatic amines is 1. The van der Waals surface area contributed by atoms with E-state index in [2.05, 4.69) is 22.4 Å². The number of fused-ring (bicyclic) bond motifs is 1. The van der Waals surface area contributed by atoms with E-state index in [-0.39, 0.29) is 24.3 Å². The molecule has 0 fully saturated rings. The van der Waals surface area contributed by atoms with Gasteiger partial charge in [0.2, 0.25) is 0 Å². The normalized spacial score (nSPS) is 11.8. The molecule has 0 aliphatic heterocycles. The third-order valence-electron chi connectivity index (χ3n) is 5.52. The van der Waals surface area contributed by atoms with Crippen LogP contribution in [0.5, 0.6) is 5.75 Å². The van der Waals surface area contributed by atoms with Crippen LogP contribution in [0.25, 0.3) is 17.0 Å². The Balaban J connectivity index is 0.00000342. The smallest absolute Gasteiger partial charge is 0.267 e. The highest BCUT2D eigenvalue weighted by Gasteiger charge is 2.14. The molecule has 4 rings (SSSR count). The number of H-pyrrole nitrogens is 1. The van der Waals surface area contributed by atoms with E-state index in [1.807, 2.05) is 42.6 Å². The Labute approximate surface area is 209 Å². The molecule has 0 saturated carbocycles. The average molecular weight is 496 g/mol. The van der Waals surface area contributed by atoms with E-state index in [4.69, 9.17) is 9.94 Å². The Morgan fingerprint density at radius 1 is 1.06 bits per heavy atom. The van der Waals surface area contributed by atoms with Crippen LogP contribution in [0.1, 0.15) is 16.7 Å². The van der Waals surface area contributed by atoms with E-state index in [9.17, 15) is 9.18 Å². The number of hydroxylamine groups is 1. The number of carbonyl (C=O) groups is 1. The molecule has 6 nitrogen and oxygen atoms in total. The van der Waals surface area contributed by atoms with Crippen molar-refractivity contribution in [2.24, 2.45) is 0 Å². The summed E-state index contributed by atoms with van der Waals surface area (Å²) in [6.07, 6.45) is 5.62. The van der Waals surface area contributed by atoms with Crippen molar-refractivity contribution in [1.82, 2.24) is 15.8 Å². The monoisotopic (exact) mass is 495 g/mol. The zero-order valence-corrected chi connectivity index (χ0v) is 19.7. The van der Waals surface area contributed by atoms with Gasteiger partial charge in [0.15, 0.2) is 0 Å². The van der Waals surface area contributed by atoms with Gasteiger partial charge in [-0.15, -0.1) is 12.4 Å². The molecule has 4 N–H and O–H groups in total. The first-order valence-corrected chi connectivity index (χ1v) is 11.0. The fourth-order valence-electron chi connectivity index (χ4n) is 3.70. The van der Waals surface area contributed by atoms with E-state index in [0.717, 1.165) is 23.1 Å². The second kappa shape index (κ2) is 12.7. The lowest BCUT2D eigenvalue weighted by Crippen LogP contribution is -2.36. The lowest BCUT2D eigenvalue weighted by Gasteiger charge is -2.20. The molecule has 0 radical (unpaired) electrons.